The van der Waals surface area contributed by atoms with Crippen molar-refractivity contribution in [2.24, 2.45) is 0 Å². The van der Waals surface area contributed by atoms with E-state index in [1.54, 1.807) is 19.3 Å². The van der Waals surface area contributed by atoms with Crippen LogP contribution in [0.3, 0.4) is 0 Å². The van der Waals surface area contributed by atoms with Crippen LogP contribution in [0.1, 0.15) is 30.1 Å². The van der Waals surface area contributed by atoms with Gasteiger partial charge in [0.15, 0.2) is 5.78 Å². The molecule has 2 saturated heterocycles. The Kier molecular flexibility index (Phi) is 6.11. The first-order valence-corrected chi connectivity index (χ1v) is 10.5. The summed E-state index contributed by atoms with van der Waals surface area (Å²) < 4.78 is 0. The van der Waals surface area contributed by atoms with Gasteiger partial charge in [0.25, 0.3) is 0 Å². The van der Waals surface area contributed by atoms with E-state index in [-0.39, 0.29) is 17.9 Å². The zero-order valence-electron chi connectivity index (χ0n) is 17.3. The molecule has 2 amide bonds. The van der Waals surface area contributed by atoms with Gasteiger partial charge in [-0.25, -0.2) is 14.8 Å². The molecule has 1 aromatic carbocycles. The first kappa shape index (κ1) is 20.1. The Hall–Kier alpha value is -3.16. The maximum Gasteiger partial charge on any atom is 0.317 e. The average Bonchev–Trinajstić information content (AvgIpc) is 2.80. The van der Waals surface area contributed by atoms with Gasteiger partial charge in [0.2, 0.25) is 5.95 Å². The molecular formula is C22H28N6O2. The van der Waals surface area contributed by atoms with Gasteiger partial charge in [0.05, 0.1) is 0 Å². The number of hydrogen-bond donors (Lipinski definition) is 1. The number of rotatable bonds is 4. The van der Waals surface area contributed by atoms with Crippen molar-refractivity contribution in [3.63, 3.8) is 0 Å². The Morgan fingerprint density at radius 3 is 2.33 bits per heavy atom. The SMILES string of the molecule is CC(=O)c1ccc(N2CCN(C(=O)NC3CCCN(c4ncccn4)C3)CC2)cc1. The normalized spacial score (nSPS) is 19.5. The Labute approximate surface area is 176 Å². The van der Waals surface area contributed by atoms with E-state index in [4.69, 9.17) is 0 Å². The summed E-state index contributed by atoms with van der Waals surface area (Å²) >= 11 is 0. The first-order chi connectivity index (χ1) is 14.6. The summed E-state index contributed by atoms with van der Waals surface area (Å²) in [5.74, 6) is 0.795. The number of anilines is 2. The van der Waals surface area contributed by atoms with Crippen LogP contribution in [0.5, 0.6) is 0 Å². The van der Waals surface area contributed by atoms with Gasteiger partial charge in [-0.15, -0.1) is 0 Å². The lowest BCUT2D eigenvalue weighted by Crippen LogP contribution is -2.56. The number of piperazine rings is 1. The van der Waals surface area contributed by atoms with Crippen LogP contribution in [-0.2, 0) is 0 Å². The third-order valence-electron chi connectivity index (χ3n) is 5.79. The monoisotopic (exact) mass is 408 g/mol. The molecule has 0 saturated carbocycles. The maximum absolute atomic E-state index is 12.8. The predicted octanol–water partition coefficient (Wildman–Crippen LogP) is 2.18. The van der Waals surface area contributed by atoms with Crippen LogP contribution in [0.2, 0.25) is 0 Å². The molecule has 1 aromatic heterocycles. The van der Waals surface area contributed by atoms with Gasteiger partial charge in [-0.1, -0.05) is 0 Å². The minimum atomic E-state index is 0.00223. The summed E-state index contributed by atoms with van der Waals surface area (Å²) in [5, 5.41) is 3.20. The molecule has 4 rings (SSSR count). The van der Waals surface area contributed by atoms with Crippen LogP contribution in [0.25, 0.3) is 0 Å². The highest BCUT2D eigenvalue weighted by atomic mass is 16.2. The van der Waals surface area contributed by atoms with E-state index in [9.17, 15) is 9.59 Å². The van der Waals surface area contributed by atoms with Gasteiger partial charge < -0.3 is 20.0 Å². The van der Waals surface area contributed by atoms with Gasteiger partial charge in [-0.3, -0.25) is 4.79 Å². The van der Waals surface area contributed by atoms with Crippen molar-refractivity contribution in [3.05, 3.63) is 48.3 Å². The van der Waals surface area contributed by atoms with Gasteiger partial charge in [-0.05, 0) is 50.1 Å². The standard InChI is InChI=1S/C22H28N6O2/c1-17(29)18-5-7-20(8-6-18)26-12-14-27(15-13-26)22(30)25-19-4-2-11-28(16-19)21-23-9-3-10-24-21/h3,5-10,19H,2,4,11-16H2,1H3,(H,25,30). The third kappa shape index (κ3) is 4.69. The van der Waals surface area contributed by atoms with Gasteiger partial charge in [-0.2, -0.15) is 0 Å². The molecule has 8 nitrogen and oxygen atoms in total. The largest absolute Gasteiger partial charge is 0.368 e. The number of nitrogens with zero attached hydrogens (tertiary/aromatic N) is 5. The molecule has 3 heterocycles. The first-order valence-electron chi connectivity index (χ1n) is 10.5. The molecule has 1 N–H and O–H groups in total. The molecule has 8 heteroatoms. The Morgan fingerprint density at radius 2 is 1.67 bits per heavy atom. The van der Waals surface area contributed by atoms with Crippen molar-refractivity contribution < 1.29 is 9.59 Å². The number of piperidine rings is 1. The number of urea groups is 1. The Bertz CT molecular complexity index is 865. The summed E-state index contributed by atoms with van der Waals surface area (Å²) in [4.78, 5) is 39.1. The molecule has 0 spiro atoms. The molecule has 30 heavy (non-hydrogen) atoms. The van der Waals surface area contributed by atoms with E-state index >= 15 is 0 Å². The number of Topliss-reactive ketones (excluding diaryl/α,β-unsaturated/α-hetero) is 1. The summed E-state index contributed by atoms with van der Waals surface area (Å²) in [6.07, 6.45) is 5.47. The zero-order valence-corrected chi connectivity index (χ0v) is 17.3. The molecule has 158 valence electrons. The lowest BCUT2D eigenvalue weighted by molar-refractivity contribution is 0.101. The van der Waals surface area contributed by atoms with Gasteiger partial charge in [0, 0.05) is 69.0 Å². The molecule has 2 fully saturated rings. The minimum Gasteiger partial charge on any atom is -0.368 e. The predicted molar refractivity (Wildman–Crippen MR) is 116 cm³/mol. The number of aromatic nitrogens is 2. The molecule has 0 bridgehead atoms. The molecular weight excluding hydrogens is 380 g/mol. The van der Waals surface area contributed by atoms with Crippen LogP contribution in [0, 0.1) is 0 Å². The van der Waals surface area contributed by atoms with Crippen molar-refractivity contribution in [1.82, 2.24) is 20.2 Å². The number of carbonyl (C=O) groups excluding carboxylic acids is 2. The van der Waals surface area contributed by atoms with Crippen LogP contribution in [0.4, 0.5) is 16.4 Å². The number of benzene rings is 1. The molecule has 2 aromatic rings. The fraction of sp³-hybridized carbons (Fsp3) is 0.455. The lowest BCUT2D eigenvalue weighted by atomic mass is 10.1. The zero-order chi connectivity index (χ0) is 20.9. The van der Waals surface area contributed by atoms with Crippen molar-refractivity contribution >= 4 is 23.5 Å². The highest BCUT2D eigenvalue weighted by Crippen LogP contribution is 2.19. The second-order valence-electron chi connectivity index (χ2n) is 7.86. The van der Waals surface area contributed by atoms with Crippen molar-refractivity contribution in [2.75, 3.05) is 49.1 Å². The summed E-state index contributed by atoms with van der Waals surface area (Å²) in [7, 11) is 0. The summed E-state index contributed by atoms with van der Waals surface area (Å²) in [5.41, 5.74) is 1.81. The quantitative estimate of drug-likeness (QED) is 0.781. The van der Waals surface area contributed by atoms with Crippen LogP contribution in [0.15, 0.2) is 42.7 Å². The topological polar surface area (TPSA) is 81.7 Å². The van der Waals surface area contributed by atoms with Gasteiger partial charge >= 0.3 is 6.03 Å². The van der Waals surface area contributed by atoms with E-state index < -0.39 is 0 Å². The fourth-order valence-corrected chi connectivity index (χ4v) is 4.07. The van der Waals surface area contributed by atoms with Crippen molar-refractivity contribution in [2.45, 2.75) is 25.8 Å². The second-order valence-corrected chi connectivity index (χ2v) is 7.86. The van der Waals surface area contributed by atoms with Gasteiger partial charge in [0.1, 0.15) is 0 Å². The fourth-order valence-electron chi connectivity index (χ4n) is 4.07. The smallest absolute Gasteiger partial charge is 0.317 e. The molecule has 1 atom stereocenters. The van der Waals surface area contributed by atoms with Crippen LogP contribution >= 0.6 is 0 Å². The number of amides is 2. The maximum atomic E-state index is 12.8. The lowest BCUT2D eigenvalue weighted by Gasteiger charge is -2.38. The molecule has 1 unspecified atom stereocenters. The molecule has 0 radical (unpaired) electrons. The number of hydrogen-bond acceptors (Lipinski definition) is 6. The molecule has 2 aliphatic rings. The Balaban J connectivity index is 1.27. The average molecular weight is 409 g/mol. The van der Waals surface area contributed by atoms with E-state index in [1.165, 1.54) is 0 Å². The second kappa shape index (κ2) is 9.11. The number of nitrogens with one attached hydrogen (secondary N) is 1. The van der Waals surface area contributed by atoms with E-state index in [0.29, 0.717) is 13.1 Å². The van der Waals surface area contributed by atoms with Crippen molar-refractivity contribution in [1.29, 1.82) is 0 Å². The summed E-state index contributed by atoms with van der Waals surface area (Å²) in [6, 6.07) is 9.60. The van der Waals surface area contributed by atoms with Crippen LogP contribution in [-0.4, -0.2) is 72.0 Å². The number of carbonyl (C=O) groups is 2. The Morgan fingerprint density at radius 1 is 0.967 bits per heavy atom. The highest BCUT2D eigenvalue weighted by Gasteiger charge is 2.26. The molecule has 2 aliphatic heterocycles. The van der Waals surface area contributed by atoms with E-state index in [2.05, 4.69) is 25.1 Å². The van der Waals surface area contributed by atoms with Crippen LogP contribution < -0.4 is 15.1 Å². The van der Waals surface area contributed by atoms with E-state index in [1.807, 2.05) is 35.2 Å². The third-order valence-corrected chi connectivity index (χ3v) is 5.79. The minimum absolute atomic E-state index is 0.00223. The summed E-state index contributed by atoms with van der Waals surface area (Å²) in [6.45, 7) is 6.14. The highest BCUT2D eigenvalue weighted by molar-refractivity contribution is 5.94. The number of ketones is 1. The van der Waals surface area contributed by atoms with E-state index in [0.717, 1.165) is 56.2 Å². The van der Waals surface area contributed by atoms with Crippen molar-refractivity contribution in [3.8, 4) is 0 Å². The molecule has 0 aliphatic carbocycles.